The van der Waals surface area contributed by atoms with Crippen LogP contribution in [0, 0.1) is 17.3 Å². The lowest BCUT2D eigenvalue weighted by atomic mass is 9.52. The maximum atomic E-state index is 13.6. The smallest absolute Gasteiger partial charge is 0.187 e. The molecule has 24 nitrogen and oxygen atoms in total. The third kappa shape index (κ3) is 13.1. The Morgan fingerprint density at radius 3 is 1.40 bits per heavy atom. The number of allylic oxidation sites excluding steroid dienone is 3. The minimum atomic E-state index is -1.83. The van der Waals surface area contributed by atoms with Crippen molar-refractivity contribution in [2.24, 2.45) is 17.3 Å². The number of carbonyl (C=O) groups is 2. The van der Waals surface area contributed by atoms with Gasteiger partial charge in [-0.05, 0) is 96.1 Å². The van der Waals surface area contributed by atoms with Gasteiger partial charge in [-0.2, -0.15) is 0 Å². The van der Waals surface area contributed by atoms with Gasteiger partial charge in [0.25, 0.3) is 0 Å². The molecule has 6 heterocycles. The van der Waals surface area contributed by atoms with Crippen LogP contribution in [0.1, 0.15) is 113 Å². The van der Waals surface area contributed by atoms with Crippen molar-refractivity contribution in [2.75, 3.05) is 42.2 Å². The van der Waals surface area contributed by atoms with Crippen LogP contribution in [0.25, 0.3) is 0 Å². The average molecular weight is 1210 g/mol. The standard InChI is InChI=1S/C61H94O24/c1-27-54(39(69-8)21-45(74-27)79-34-15-17-60(7)33(19-34)13-14-35-36-16-18-61(68,32(6)63)50(36)38(64)20-37(35)60)81-46-22-40(70-9)55(28(2)75-46)82-47-23-41(71-10)56(29(3)76-47)83-48-24-42(72-11)57(30(4)77-48)84-49-25-43(73-12)58(31(5)78-49)85-59-53(67)52(66)51(65)44(26-62)80-59/h13,16,18,27-31,34-35,37,39-49,51-59,62,65-68H,14-15,17,19-26H2,1-12H3/t27-,28-,29-,30-,31-,34+,35+,37+,39-,40-,41+,42+,43-,44-,45+,46+,47+,48+,49+,51-,52+,53-,54-,55-,56-,57-,58+,59+,60+,61?/m1/s1. The van der Waals surface area contributed by atoms with E-state index in [0.717, 1.165) is 31.3 Å². The lowest BCUT2D eigenvalue weighted by molar-refractivity contribution is -0.360. The van der Waals surface area contributed by atoms with Crippen molar-refractivity contribution in [2.45, 2.75) is 278 Å². The lowest BCUT2D eigenvalue weighted by Gasteiger charge is -2.53. The fraction of sp³-hybridized carbons (Fsp3) is 0.869. The second kappa shape index (κ2) is 27.3. The molecule has 0 radical (unpaired) electrons. The maximum absolute atomic E-state index is 13.6. The highest BCUT2D eigenvalue weighted by molar-refractivity contribution is 6.09. The van der Waals surface area contributed by atoms with E-state index in [-0.39, 0.29) is 47.2 Å². The third-order valence-electron chi connectivity index (χ3n) is 20.2. The van der Waals surface area contributed by atoms with E-state index in [4.69, 9.17) is 80.5 Å². The van der Waals surface area contributed by atoms with Gasteiger partial charge in [0.15, 0.2) is 54.9 Å². The van der Waals surface area contributed by atoms with Gasteiger partial charge in [-0.3, -0.25) is 9.59 Å². The zero-order valence-electron chi connectivity index (χ0n) is 51.2. The van der Waals surface area contributed by atoms with Crippen LogP contribution in [0.2, 0.25) is 0 Å². The first-order valence-corrected chi connectivity index (χ1v) is 30.6. The molecule has 4 aliphatic carbocycles. The Balaban J connectivity index is 0.680. The first-order valence-electron chi connectivity index (χ1n) is 30.6. The summed E-state index contributed by atoms with van der Waals surface area (Å²) in [7, 11) is 8.05. The quantitative estimate of drug-likeness (QED) is 0.116. The Morgan fingerprint density at radius 2 is 1.00 bits per heavy atom. The highest BCUT2D eigenvalue weighted by atomic mass is 16.8. The molecule has 0 spiro atoms. The van der Waals surface area contributed by atoms with E-state index in [2.05, 4.69) is 13.0 Å². The number of rotatable bonds is 19. The summed E-state index contributed by atoms with van der Waals surface area (Å²) in [5.74, 6) is -0.433. The summed E-state index contributed by atoms with van der Waals surface area (Å²) in [6.07, 6.45) is -7.65. The Labute approximate surface area is 498 Å². The highest BCUT2D eigenvalue weighted by Crippen LogP contribution is 2.59. The lowest BCUT2D eigenvalue weighted by Crippen LogP contribution is -2.62. The predicted molar refractivity (Wildman–Crippen MR) is 295 cm³/mol. The van der Waals surface area contributed by atoms with Crippen molar-refractivity contribution < 1.29 is 116 Å². The van der Waals surface area contributed by atoms with E-state index in [9.17, 15) is 35.1 Å². The normalized spacial score (nSPS) is 49.4. The van der Waals surface area contributed by atoms with Crippen molar-refractivity contribution in [1.82, 2.24) is 0 Å². The van der Waals surface area contributed by atoms with Gasteiger partial charge >= 0.3 is 0 Å². The van der Waals surface area contributed by atoms with Gasteiger partial charge < -0.3 is 106 Å². The topological polar surface area (TPSA) is 292 Å². The van der Waals surface area contributed by atoms with E-state index in [0.29, 0.717) is 32.1 Å². The van der Waals surface area contributed by atoms with Crippen molar-refractivity contribution in [3.05, 3.63) is 34.9 Å². The number of ketones is 2. The Morgan fingerprint density at radius 1 is 0.588 bits per heavy atom. The SMILES string of the molecule is CO[C@H]1C[C@H](O[C@@H]2[C@@H](C)O[C@@H](O[C@@H]3[C@@H](C)O[C@@H](O[C@H]4CC[C@@]5(C)C(=CC[C@H]6C7=C(C(=O)C[C@@H]65)C(O)(C(C)=O)C=C7)C4)C[C@H]3OC)C[C@H]2OC)O[C@H](C)[C@H]1O[C@H]1C[C@H](OC)[C@H](O[C@H]2C[C@@H](OC)[C@@H](O[C@@H]3O[C@H](CO)[C@@H](O)[C@H](O)[C@H]3O)[C@@H](C)O2)[C@@H](C)O1. The molecule has 5 N–H and O–H groups in total. The summed E-state index contributed by atoms with van der Waals surface area (Å²) in [5.41, 5.74) is 0.335. The summed E-state index contributed by atoms with van der Waals surface area (Å²) in [6, 6.07) is 0. The monoisotopic (exact) mass is 1210 g/mol. The minimum absolute atomic E-state index is 0.0633. The highest BCUT2D eigenvalue weighted by Gasteiger charge is 2.57. The van der Waals surface area contributed by atoms with Gasteiger partial charge in [0.2, 0.25) is 0 Å². The van der Waals surface area contributed by atoms with Crippen LogP contribution < -0.4 is 0 Å². The van der Waals surface area contributed by atoms with Crippen LogP contribution in [0.5, 0.6) is 0 Å². The van der Waals surface area contributed by atoms with Crippen LogP contribution >= 0.6 is 0 Å². The summed E-state index contributed by atoms with van der Waals surface area (Å²) < 4.78 is 107. The molecule has 24 heteroatoms. The van der Waals surface area contributed by atoms with E-state index in [1.54, 1.807) is 41.4 Å². The van der Waals surface area contributed by atoms with Crippen molar-refractivity contribution >= 4 is 11.6 Å². The average Bonchev–Trinajstić information content (AvgIpc) is 1.74. The van der Waals surface area contributed by atoms with E-state index in [1.807, 2.05) is 27.7 Å². The Kier molecular flexibility index (Phi) is 21.0. The first kappa shape index (κ1) is 65.6. The molecule has 0 aromatic heterocycles. The second-order valence-corrected chi connectivity index (χ2v) is 25.3. The zero-order chi connectivity index (χ0) is 61.0. The molecular weight excluding hydrogens is 1120 g/mol. The largest absolute Gasteiger partial charge is 0.394 e. The number of hydrogen-bond donors (Lipinski definition) is 5. The van der Waals surface area contributed by atoms with Crippen molar-refractivity contribution in [1.29, 1.82) is 0 Å². The molecule has 10 aliphatic rings. The van der Waals surface area contributed by atoms with Gasteiger partial charge in [-0.1, -0.05) is 24.6 Å². The molecular formula is C61H94O24. The molecule has 10 rings (SSSR count). The van der Waals surface area contributed by atoms with Gasteiger partial charge in [0.1, 0.15) is 54.9 Å². The van der Waals surface area contributed by atoms with E-state index in [1.165, 1.54) is 25.7 Å². The van der Waals surface area contributed by atoms with Crippen LogP contribution in [0.4, 0.5) is 0 Å². The number of aliphatic hydroxyl groups excluding tert-OH is 4. The van der Waals surface area contributed by atoms with Crippen molar-refractivity contribution in [3.63, 3.8) is 0 Å². The van der Waals surface area contributed by atoms with Crippen molar-refractivity contribution in [3.8, 4) is 0 Å². The fourth-order valence-electron chi connectivity index (χ4n) is 15.3. The molecule has 30 atom stereocenters. The molecule has 0 bridgehead atoms. The molecule has 1 unspecified atom stereocenters. The Bertz CT molecular complexity index is 2390. The summed E-state index contributed by atoms with van der Waals surface area (Å²) >= 11 is 0. The second-order valence-electron chi connectivity index (χ2n) is 25.3. The summed E-state index contributed by atoms with van der Waals surface area (Å²) in [5, 5.41) is 52.1. The number of carbonyl (C=O) groups excluding carboxylic acids is 2. The molecule has 482 valence electrons. The zero-order valence-corrected chi connectivity index (χ0v) is 51.2. The molecule has 0 aromatic rings. The molecule has 0 amide bonds. The van der Waals surface area contributed by atoms with E-state index < -0.39 is 166 Å². The van der Waals surface area contributed by atoms with Gasteiger partial charge in [0.05, 0.1) is 73.8 Å². The number of Topliss-reactive ketones (excluding diaryl/α,β-unsaturated/α-hetero) is 2. The van der Waals surface area contributed by atoms with Gasteiger partial charge in [0, 0.05) is 79.6 Å². The van der Waals surface area contributed by atoms with Crippen LogP contribution in [0.15, 0.2) is 34.9 Å². The van der Waals surface area contributed by atoms with Gasteiger partial charge in [-0.25, -0.2) is 0 Å². The van der Waals surface area contributed by atoms with Crippen LogP contribution in [0.3, 0.4) is 0 Å². The van der Waals surface area contributed by atoms with Crippen LogP contribution in [-0.2, 0) is 90.1 Å². The van der Waals surface area contributed by atoms with Gasteiger partial charge in [-0.15, -0.1) is 0 Å². The Hall–Kier alpha value is -2.32. The fourth-order valence-corrected chi connectivity index (χ4v) is 15.3. The summed E-state index contributed by atoms with van der Waals surface area (Å²) in [6.45, 7) is 12.4. The minimum Gasteiger partial charge on any atom is -0.394 e. The summed E-state index contributed by atoms with van der Waals surface area (Å²) in [4.78, 5) is 26.1. The molecule has 0 aromatic carbocycles. The molecule has 85 heavy (non-hydrogen) atoms. The van der Waals surface area contributed by atoms with Crippen LogP contribution in [-0.4, -0.2) is 245 Å². The number of aliphatic hydroxyl groups is 5. The predicted octanol–water partition coefficient (Wildman–Crippen LogP) is 2.76. The number of ether oxygens (including phenoxy) is 17. The molecule has 7 fully saturated rings. The molecule has 6 saturated heterocycles. The maximum Gasteiger partial charge on any atom is 0.187 e. The number of hydrogen-bond acceptors (Lipinski definition) is 24. The molecule has 1 saturated carbocycles. The molecule has 6 aliphatic heterocycles. The number of fused-ring (bicyclic) bond motifs is 4. The van der Waals surface area contributed by atoms with E-state index >= 15 is 0 Å². The third-order valence-corrected chi connectivity index (χ3v) is 20.2. The first-order chi connectivity index (χ1) is 40.6. The number of methoxy groups -OCH3 is 5.